The van der Waals surface area contributed by atoms with E-state index in [4.69, 9.17) is 18.9 Å². The molecule has 0 bridgehead atoms. The van der Waals surface area contributed by atoms with Gasteiger partial charge in [-0.1, -0.05) is 71.5 Å². The molecule has 0 unspecified atom stereocenters. The van der Waals surface area contributed by atoms with E-state index in [1.54, 1.807) is 52.0 Å². The van der Waals surface area contributed by atoms with E-state index < -0.39 is 107 Å². The van der Waals surface area contributed by atoms with E-state index in [2.05, 4.69) is 6.58 Å². The number of ether oxygens (including phenoxy) is 4. The van der Waals surface area contributed by atoms with Crippen LogP contribution in [0, 0.1) is 29.1 Å². The molecule has 0 spiro atoms. The zero-order valence-corrected chi connectivity index (χ0v) is 29.6. The molecule has 12 heteroatoms. The molecule has 0 saturated heterocycles. The highest BCUT2D eigenvalue weighted by Gasteiger charge is 2.67. The number of rotatable bonds is 7. The quantitative estimate of drug-likeness (QED) is 0.242. The molecule has 12 nitrogen and oxygen atoms in total. The number of benzene rings is 1. The standard InChI is InChI=1S/C37H48O12/c1-19(2)28(41)26-21(4)29(49-34(43)25-14-12-11-13-15-25)30(46-22(5)38)33(48-24(7)40)35(8,9)17-16-20(3)31(42)37(45)18-36(10,44)32(27(26)37)47-23(6)39/h11-17,19-20,26-27,29-30,32-33,44-45H,4,18H2,1-3,5-10H3/b17-16+/t20-,26-,27-,29-,30+,32+,33+,36+,37+/m0/s1. The second kappa shape index (κ2) is 14.8. The molecule has 1 fully saturated rings. The molecule has 0 aliphatic heterocycles. The maximum Gasteiger partial charge on any atom is 0.338 e. The Balaban J connectivity index is 2.50. The fourth-order valence-electron chi connectivity index (χ4n) is 6.98. The van der Waals surface area contributed by atoms with Crippen molar-refractivity contribution in [3.05, 3.63) is 60.2 Å². The van der Waals surface area contributed by atoms with Gasteiger partial charge in [0.05, 0.1) is 11.5 Å². The summed E-state index contributed by atoms with van der Waals surface area (Å²) in [6.45, 7) is 16.7. The van der Waals surface area contributed by atoms with Gasteiger partial charge in [-0.3, -0.25) is 24.0 Å². The number of fused-ring (bicyclic) bond motifs is 1. The Hall–Kier alpha value is -4.16. The summed E-state index contributed by atoms with van der Waals surface area (Å²) in [6.07, 6.45) is -3.99. The summed E-state index contributed by atoms with van der Waals surface area (Å²) in [4.78, 5) is 80.3. The summed E-state index contributed by atoms with van der Waals surface area (Å²) in [7, 11) is 0. The number of hydrogen-bond acceptors (Lipinski definition) is 12. The maximum atomic E-state index is 14.4. The van der Waals surface area contributed by atoms with Gasteiger partial charge in [0, 0.05) is 50.4 Å². The Morgan fingerprint density at radius 3 is 1.90 bits per heavy atom. The number of esters is 4. The van der Waals surface area contributed by atoms with Crippen LogP contribution in [0.25, 0.3) is 0 Å². The summed E-state index contributed by atoms with van der Waals surface area (Å²) in [5.74, 6) is -9.93. The Morgan fingerprint density at radius 2 is 1.39 bits per heavy atom. The van der Waals surface area contributed by atoms with Crippen molar-refractivity contribution in [2.75, 3.05) is 0 Å². The lowest BCUT2D eigenvalue weighted by Gasteiger charge is -2.44. The van der Waals surface area contributed by atoms with Crippen molar-refractivity contribution in [2.45, 2.75) is 104 Å². The van der Waals surface area contributed by atoms with E-state index in [0.29, 0.717) is 0 Å². The van der Waals surface area contributed by atoms with Gasteiger partial charge in [0.25, 0.3) is 0 Å². The third-order valence-electron chi connectivity index (χ3n) is 9.23. The van der Waals surface area contributed by atoms with E-state index in [1.807, 2.05) is 0 Å². The van der Waals surface area contributed by atoms with Crippen molar-refractivity contribution in [3.8, 4) is 0 Å². The van der Waals surface area contributed by atoms with Gasteiger partial charge in [0.15, 0.2) is 24.1 Å². The first-order valence-electron chi connectivity index (χ1n) is 16.2. The van der Waals surface area contributed by atoms with Gasteiger partial charge in [-0.25, -0.2) is 4.79 Å². The highest BCUT2D eigenvalue weighted by molar-refractivity contribution is 5.94. The first kappa shape index (κ1) is 39.3. The first-order valence-corrected chi connectivity index (χ1v) is 16.2. The minimum absolute atomic E-state index is 0.0833. The van der Waals surface area contributed by atoms with Crippen LogP contribution in [0.15, 0.2) is 54.6 Å². The Bertz CT molecular complexity index is 1510. The van der Waals surface area contributed by atoms with Crippen LogP contribution in [0.2, 0.25) is 0 Å². The summed E-state index contributed by atoms with van der Waals surface area (Å²) in [5, 5.41) is 24.1. The number of Topliss-reactive ketones (excluding diaryl/α,β-unsaturated/α-hetero) is 2. The van der Waals surface area contributed by atoms with Crippen LogP contribution in [0.1, 0.15) is 79.1 Å². The predicted octanol–water partition coefficient (Wildman–Crippen LogP) is 3.71. The van der Waals surface area contributed by atoms with Gasteiger partial charge >= 0.3 is 23.9 Å². The SMILES string of the molecule is C=C1[C@H](C(=O)C(C)C)[C@H]2[C@@H](OC(C)=O)[C@](C)(O)C[C@]2(O)C(=O)[C@@H](C)/C=C/C(C)(C)[C@H](OC(C)=O)[C@H](OC(C)=O)[C@H]1OC(=O)c1ccccc1. The number of aliphatic hydroxyl groups is 2. The molecule has 9 atom stereocenters. The van der Waals surface area contributed by atoms with Crippen LogP contribution >= 0.6 is 0 Å². The maximum absolute atomic E-state index is 14.4. The van der Waals surface area contributed by atoms with Crippen molar-refractivity contribution in [2.24, 2.45) is 29.1 Å². The van der Waals surface area contributed by atoms with Gasteiger partial charge in [-0.15, -0.1) is 0 Å². The average Bonchev–Trinajstić information content (AvgIpc) is 3.19. The molecule has 1 aromatic rings. The summed E-state index contributed by atoms with van der Waals surface area (Å²) in [5.41, 5.74) is -5.90. The van der Waals surface area contributed by atoms with Crippen molar-refractivity contribution in [3.63, 3.8) is 0 Å². The highest BCUT2D eigenvalue weighted by atomic mass is 16.6. The van der Waals surface area contributed by atoms with E-state index in [9.17, 15) is 39.0 Å². The molecule has 3 rings (SSSR count). The lowest BCUT2D eigenvalue weighted by molar-refractivity contribution is -0.183. The number of hydrogen-bond donors (Lipinski definition) is 2. The second-order valence-electron chi connectivity index (χ2n) is 14.3. The average molecular weight is 685 g/mol. The smallest absolute Gasteiger partial charge is 0.338 e. The molecule has 1 aromatic carbocycles. The summed E-state index contributed by atoms with van der Waals surface area (Å²) in [6, 6.07) is 7.80. The number of carbonyl (C=O) groups is 6. The zero-order valence-electron chi connectivity index (χ0n) is 29.6. The van der Waals surface area contributed by atoms with E-state index in [1.165, 1.54) is 32.1 Å². The highest BCUT2D eigenvalue weighted by Crippen LogP contribution is 2.53. The Morgan fingerprint density at radius 1 is 0.857 bits per heavy atom. The molecule has 0 radical (unpaired) electrons. The van der Waals surface area contributed by atoms with Crippen molar-refractivity contribution < 1.29 is 57.9 Å². The zero-order chi connectivity index (χ0) is 37.2. The monoisotopic (exact) mass is 684 g/mol. The Kier molecular flexibility index (Phi) is 11.8. The minimum Gasteiger partial charge on any atom is -0.459 e. The third kappa shape index (κ3) is 8.36. The van der Waals surface area contributed by atoms with Gasteiger partial charge < -0.3 is 29.2 Å². The van der Waals surface area contributed by atoms with Crippen molar-refractivity contribution >= 4 is 35.4 Å². The normalized spacial score (nSPS) is 33.7. The molecular weight excluding hydrogens is 636 g/mol. The van der Waals surface area contributed by atoms with Gasteiger partial charge in [0.1, 0.15) is 23.1 Å². The molecule has 1 saturated carbocycles. The largest absolute Gasteiger partial charge is 0.459 e. The van der Waals surface area contributed by atoms with Crippen LogP contribution in [0.5, 0.6) is 0 Å². The second-order valence-corrected chi connectivity index (χ2v) is 14.3. The van der Waals surface area contributed by atoms with Crippen molar-refractivity contribution in [1.29, 1.82) is 0 Å². The molecule has 0 aromatic heterocycles. The molecule has 2 aliphatic carbocycles. The van der Waals surface area contributed by atoms with Gasteiger partial charge in [-0.05, 0) is 24.6 Å². The Labute approximate surface area is 286 Å². The first-order chi connectivity index (χ1) is 22.5. The molecule has 268 valence electrons. The van der Waals surface area contributed by atoms with Crippen LogP contribution in [0.3, 0.4) is 0 Å². The van der Waals surface area contributed by atoms with Crippen LogP contribution in [-0.2, 0) is 42.9 Å². The topological polar surface area (TPSA) is 180 Å². The van der Waals surface area contributed by atoms with E-state index >= 15 is 0 Å². The van der Waals surface area contributed by atoms with E-state index in [0.717, 1.165) is 20.8 Å². The van der Waals surface area contributed by atoms with Crippen LogP contribution in [0.4, 0.5) is 0 Å². The number of allylic oxidation sites excluding steroid dienone is 1. The van der Waals surface area contributed by atoms with Gasteiger partial charge in [0.2, 0.25) is 0 Å². The third-order valence-corrected chi connectivity index (χ3v) is 9.23. The fourth-order valence-corrected chi connectivity index (χ4v) is 6.98. The van der Waals surface area contributed by atoms with Crippen LogP contribution in [-0.4, -0.2) is 81.3 Å². The lowest BCUT2D eigenvalue weighted by Crippen LogP contribution is -2.57. The molecule has 2 aliphatic rings. The molecule has 0 heterocycles. The summed E-state index contributed by atoms with van der Waals surface area (Å²) >= 11 is 0. The molecule has 0 amide bonds. The molecule has 49 heavy (non-hydrogen) atoms. The minimum atomic E-state index is -2.48. The predicted molar refractivity (Wildman–Crippen MR) is 176 cm³/mol. The van der Waals surface area contributed by atoms with Gasteiger partial charge in [-0.2, -0.15) is 0 Å². The van der Waals surface area contributed by atoms with Crippen LogP contribution < -0.4 is 0 Å². The molecular formula is C37H48O12. The molecule has 2 N–H and O–H groups in total. The number of carbonyl (C=O) groups excluding carboxylic acids is 6. The fraction of sp³-hybridized carbons (Fsp3) is 0.568. The summed E-state index contributed by atoms with van der Waals surface area (Å²) < 4.78 is 23.2. The van der Waals surface area contributed by atoms with Crippen molar-refractivity contribution in [1.82, 2.24) is 0 Å². The van der Waals surface area contributed by atoms with E-state index in [-0.39, 0.29) is 11.1 Å². The lowest BCUT2D eigenvalue weighted by atomic mass is 9.66. The number of ketones is 2.